The fourth-order valence-corrected chi connectivity index (χ4v) is 4.06. The van der Waals surface area contributed by atoms with Gasteiger partial charge in [0, 0.05) is 25.1 Å². The summed E-state index contributed by atoms with van der Waals surface area (Å²) in [5.74, 6) is -0.294. The highest BCUT2D eigenvalue weighted by Crippen LogP contribution is 2.38. The number of aromatic nitrogens is 3. The number of rotatable bonds is 0. The van der Waals surface area contributed by atoms with Crippen molar-refractivity contribution in [1.82, 2.24) is 25.4 Å². The summed E-state index contributed by atoms with van der Waals surface area (Å²) in [4.78, 5) is 28.7. The molecule has 0 spiro atoms. The van der Waals surface area contributed by atoms with Crippen molar-refractivity contribution in [2.24, 2.45) is 0 Å². The topological polar surface area (TPSA) is 110 Å². The van der Waals surface area contributed by atoms with E-state index in [-0.39, 0.29) is 29.1 Å². The molecular weight excluding hydrogens is 415 g/mol. The number of alkyl carbamates (subject to hydrolysis) is 1. The number of hydrogen-bond acceptors (Lipinski definition) is 6. The van der Waals surface area contributed by atoms with E-state index in [1.165, 1.54) is 12.1 Å². The van der Waals surface area contributed by atoms with Crippen LogP contribution in [0, 0.1) is 5.82 Å². The molecule has 6 bridgehead atoms. The molecule has 1 aliphatic heterocycles. The molecule has 3 heterocycles. The number of nitrogens with zero attached hydrogens (tertiary/aromatic N) is 3. The van der Waals surface area contributed by atoms with E-state index >= 15 is 0 Å². The number of nitrogens with one attached hydrogen (secondary N) is 3. The van der Waals surface area contributed by atoms with Gasteiger partial charge in [-0.3, -0.25) is 4.79 Å². The molecule has 0 saturated heterocycles. The molecule has 1 aliphatic carbocycles. The number of hydrogen-bond donors (Lipinski definition) is 3. The van der Waals surface area contributed by atoms with E-state index in [4.69, 9.17) is 9.84 Å². The summed E-state index contributed by atoms with van der Waals surface area (Å²) < 4.78 is 21.9. The first kappa shape index (κ1) is 22.0. The second-order valence-electron chi connectivity index (χ2n) is 9.26. The zero-order valence-corrected chi connectivity index (χ0v) is 18.6. The summed E-state index contributed by atoms with van der Waals surface area (Å²) in [5.41, 5.74) is 0.576. The number of carbonyl (C=O) groups is 2. The molecule has 2 aromatic rings. The molecule has 10 heteroatoms. The molecule has 172 valence electrons. The minimum Gasteiger partial charge on any atom is -0.446 e. The van der Waals surface area contributed by atoms with Crippen molar-refractivity contribution in [2.45, 2.75) is 64.0 Å². The van der Waals surface area contributed by atoms with E-state index in [9.17, 15) is 14.0 Å². The average molecular weight is 445 g/mol. The Labute approximate surface area is 186 Å². The highest BCUT2D eigenvalue weighted by molar-refractivity contribution is 5.92. The molecule has 0 aromatic carbocycles. The van der Waals surface area contributed by atoms with Crippen LogP contribution in [0.4, 0.5) is 20.8 Å². The monoisotopic (exact) mass is 444 g/mol. The lowest BCUT2D eigenvalue weighted by Crippen LogP contribution is -2.32. The normalized spacial score (nSPS) is 22.1. The Balaban J connectivity index is 1.70. The average Bonchev–Trinajstić information content (AvgIpc) is 3.35. The zero-order valence-electron chi connectivity index (χ0n) is 18.6. The first-order chi connectivity index (χ1) is 15.2. The van der Waals surface area contributed by atoms with E-state index in [0.717, 1.165) is 18.5 Å². The fraction of sp³-hybridized carbons (Fsp3) is 0.545. The van der Waals surface area contributed by atoms with Crippen molar-refractivity contribution >= 4 is 23.6 Å². The number of pyridine rings is 1. The Morgan fingerprint density at radius 1 is 1.16 bits per heavy atom. The molecule has 1 fully saturated rings. The van der Waals surface area contributed by atoms with Gasteiger partial charge in [0.05, 0.1) is 11.2 Å². The Kier molecular flexibility index (Phi) is 6.03. The smallest absolute Gasteiger partial charge is 0.407 e. The highest BCUT2D eigenvalue weighted by Gasteiger charge is 2.32. The summed E-state index contributed by atoms with van der Waals surface area (Å²) >= 11 is 0. The van der Waals surface area contributed by atoms with Crippen molar-refractivity contribution in [1.29, 1.82) is 0 Å². The van der Waals surface area contributed by atoms with Crippen LogP contribution in [0.15, 0.2) is 18.2 Å². The molecule has 9 nitrogen and oxygen atoms in total. The molecular formula is C22H29FN6O3. The minimum absolute atomic E-state index is 0.0318. The van der Waals surface area contributed by atoms with Gasteiger partial charge >= 0.3 is 6.09 Å². The van der Waals surface area contributed by atoms with Gasteiger partial charge in [0.15, 0.2) is 11.6 Å². The first-order valence-corrected chi connectivity index (χ1v) is 11.0. The van der Waals surface area contributed by atoms with Gasteiger partial charge in [0.25, 0.3) is 5.91 Å². The SMILES string of the molecule is CC(C)(C)n1nc2cc1Nc1nc(ccc1F)C(=O)NCCCNC(=O)O[C@@H]1CC[C@H]2C1. The van der Waals surface area contributed by atoms with E-state index < -0.39 is 17.8 Å². The van der Waals surface area contributed by atoms with Crippen LogP contribution in [0.3, 0.4) is 0 Å². The quantitative estimate of drug-likeness (QED) is 0.574. The molecule has 2 aromatic heterocycles. The second kappa shape index (κ2) is 8.76. The van der Waals surface area contributed by atoms with Crippen LogP contribution in [0.1, 0.15) is 68.6 Å². The molecule has 0 radical (unpaired) electrons. The Morgan fingerprint density at radius 2 is 1.94 bits per heavy atom. The Hall–Kier alpha value is -3.17. The predicted molar refractivity (Wildman–Crippen MR) is 117 cm³/mol. The zero-order chi connectivity index (χ0) is 22.9. The first-order valence-electron chi connectivity index (χ1n) is 11.0. The maximum atomic E-state index is 14.6. The lowest BCUT2D eigenvalue weighted by atomic mass is 10.0. The third-order valence-corrected chi connectivity index (χ3v) is 5.67. The van der Waals surface area contributed by atoms with Gasteiger partial charge < -0.3 is 20.7 Å². The summed E-state index contributed by atoms with van der Waals surface area (Å²) in [7, 11) is 0. The number of amides is 2. The minimum atomic E-state index is -0.559. The van der Waals surface area contributed by atoms with Gasteiger partial charge in [-0.2, -0.15) is 5.10 Å². The largest absolute Gasteiger partial charge is 0.446 e. The van der Waals surface area contributed by atoms with Crippen LogP contribution in [0.2, 0.25) is 0 Å². The molecule has 32 heavy (non-hydrogen) atoms. The van der Waals surface area contributed by atoms with Gasteiger partial charge in [-0.15, -0.1) is 0 Å². The standard InChI is InChI=1S/C22H29FN6O3/c1-22(2,3)29-18-12-17(28-29)13-5-6-14(11-13)32-21(31)25-10-4-9-24-20(30)16-8-7-15(23)19(26-16)27-18/h7-8,12-14H,4-6,9-11H2,1-3H3,(H,24,30)(H,25,31)(H,26,27)/t13-,14+/m0/s1. The number of anilines is 2. The van der Waals surface area contributed by atoms with Crippen molar-refractivity contribution in [2.75, 3.05) is 18.4 Å². The number of carbonyl (C=O) groups excluding carboxylic acids is 2. The molecule has 3 N–H and O–H groups in total. The Morgan fingerprint density at radius 3 is 2.72 bits per heavy atom. The van der Waals surface area contributed by atoms with Crippen molar-refractivity contribution in [3.8, 4) is 0 Å². The molecule has 2 atom stereocenters. The molecule has 0 unspecified atom stereocenters. The molecule has 2 aliphatic rings. The van der Waals surface area contributed by atoms with Crippen LogP contribution >= 0.6 is 0 Å². The Bertz CT molecular complexity index is 1020. The van der Waals surface area contributed by atoms with Crippen LogP contribution in [-0.4, -0.2) is 46.0 Å². The van der Waals surface area contributed by atoms with Crippen molar-refractivity contribution in [3.05, 3.63) is 35.4 Å². The van der Waals surface area contributed by atoms with E-state index in [1.807, 2.05) is 26.8 Å². The van der Waals surface area contributed by atoms with Gasteiger partial charge in [-0.05, 0) is 58.6 Å². The fourth-order valence-electron chi connectivity index (χ4n) is 4.06. The van der Waals surface area contributed by atoms with Gasteiger partial charge in [-0.25, -0.2) is 18.9 Å². The lowest BCUT2D eigenvalue weighted by Gasteiger charge is -2.23. The van der Waals surface area contributed by atoms with E-state index in [2.05, 4.69) is 20.9 Å². The van der Waals surface area contributed by atoms with Gasteiger partial charge in [0.2, 0.25) is 0 Å². The van der Waals surface area contributed by atoms with Crippen LogP contribution in [-0.2, 0) is 10.3 Å². The molecule has 2 amide bonds. The van der Waals surface area contributed by atoms with Gasteiger partial charge in [0.1, 0.15) is 17.6 Å². The molecule has 1 saturated carbocycles. The third-order valence-electron chi connectivity index (χ3n) is 5.67. The van der Waals surface area contributed by atoms with Crippen LogP contribution in [0.5, 0.6) is 0 Å². The molecule has 4 rings (SSSR count). The van der Waals surface area contributed by atoms with E-state index in [0.29, 0.717) is 31.7 Å². The van der Waals surface area contributed by atoms with Crippen molar-refractivity contribution in [3.63, 3.8) is 0 Å². The van der Waals surface area contributed by atoms with Crippen LogP contribution in [0.25, 0.3) is 0 Å². The summed E-state index contributed by atoms with van der Waals surface area (Å²) in [6.45, 7) is 6.72. The second-order valence-corrected chi connectivity index (χ2v) is 9.26. The highest BCUT2D eigenvalue weighted by atomic mass is 19.1. The number of halogens is 1. The number of ether oxygens (including phenoxy) is 1. The summed E-state index contributed by atoms with van der Waals surface area (Å²) in [6.07, 6.45) is 2.20. The van der Waals surface area contributed by atoms with Gasteiger partial charge in [-0.1, -0.05) is 0 Å². The maximum absolute atomic E-state index is 14.6. The maximum Gasteiger partial charge on any atom is 0.407 e. The summed E-state index contributed by atoms with van der Waals surface area (Å²) in [6, 6.07) is 4.45. The van der Waals surface area contributed by atoms with Crippen molar-refractivity contribution < 1.29 is 18.7 Å². The van der Waals surface area contributed by atoms with Crippen LogP contribution < -0.4 is 16.0 Å². The summed E-state index contributed by atoms with van der Waals surface area (Å²) in [5, 5.41) is 13.3. The van der Waals surface area contributed by atoms with E-state index in [1.54, 1.807) is 4.68 Å². The lowest BCUT2D eigenvalue weighted by molar-refractivity contribution is 0.0948. The third kappa shape index (κ3) is 4.84. The number of fused-ring (bicyclic) bond motifs is 7. The predicted octanol–water partition coefficient (Wildman–Crippen LogP) is 3.41.